The fourth-order valence-electron chi connectivity index (χ4n) is 6.75. The summed E-state index contributed by atoms with van der Waals surface area (Å²) in [4.78, 5) is 113. The number of nitrogens with two attached hydrogens (primary N) is 7. The largest absolute Gasteiger partial charge is 0.480 e. The van der Waals surface area contributed by atoms with E-state index in [0.29, 0.717) is 25.9 Å². The molecular formula is C48H103F2N19O19. The number of nitrogens with zero attached hydrogens (tertiary/aromatic N) is 4. The van der Waals surface area contributed by atoms with Gasteiger partial charge in [-0.1, -0.05) is 6.92 Å². The van der Waals surface area contributed by atoms with Gasteiger partial charge in [0.1, 0.15) is 38.5 Å². The minimum absolute atomic E-state index is 0.00651. The topological polar surface area (TPSA) is 633 Å². The molecule has 0 saturated heterocycles. The lowest BCUT2D eigenvalue weighted by atomic mass is 10.1. The van der Waals surface area contributed by atoms with Crippen molar-refractivity contribution in [3.05, 3.63) is 0 Å². The molecule has 0 bridgehead atoms. The lowest BCUT2D eigenvalue weighted by Gasteiger charge is -2.19. The van der Waals surface area contributed by atoms with Crippen LogP contribution in [0.1, 0.15) is 71.1 Å². The number of aliphatic hydroxyl groups excluding tert-OH is 3. The molecule has 0 aliphatic carbocycles. The fourth-order valence-corrected chi connectivity index (χ4v) is 6.75. The molecule has 10 atom stereocenters. The molecule has 0 spiro atoms. The first-order valence-electron chi connectivity index (χ1n) is 27.4. The Kier molecular flexibility index (Phi) is 57.7. The molecule has 0 radical (unpaired) electrons. The van der Waals surface area contributed by atoms with Crippen LogP contribution in [0.5, 0.6) is 0 Å². The summed E-state index contributed by atoms with van der Waals surface area (Å²) in [5.74, 6) is -7.55. The molecule has 88 heavy (non-hydrogen) atoms. The van der Waals surface area contributed by atoms with E-state index in [2.05, 4.69) is 42.5 Å². The SMILES string of the molecule is CCNC[C@H](O)C[C@@H](N)CC(=O)NN(C)CC(=O)O.CN(CC(=O)O)NC(=O)C[C@H](N)C[C@@H](F)CN.CNC[C@H](F)C[C@@H](N)CC(=O)NN(C)CC(=O)O.CNC[C@H](O)C[C@@H](N)CC(=O)NN(C)CC(=O)O.NC[C@H](O)C[C@@H](N)CC(=O)NOCC(=O)O. The maximum absolute atomic E-state index is 13.2. The molecule has 5 amide bonds. The summed E-state index contributed by atoms with van der Waals surface area (Å²) in [5.41, 5.74) is 49.7. The van der Waals surface area contributed by atoms with E-state index in [1.165, 1.54) is 38.2 Å². The third kappa shape index (κ3) is 67.3. The zero-order valence-electron chi connectivity index (χ0n) is 51.3. The lowest BCUT2D eigenvalue weighted by molar-refractivity contribution is -0.150. The number of nitrogens with one attached hydrogen (secondary N) is 8. The van der Waals surface area contributed by atoms with Crippen LogP contribution in [-0.2, 0) is 52.8 Å². The minimum atomic E-state index is -1.23. The maximum Gasteiger partial charge on any atom is 0.332 e. The van der Waals surface area contributed by atoms with Crippen molar-refractivity contribution >= 4 is 59.4 Å². The zero-order chi connectivity index (χ0) is 69.1. The van der Waals surface area contributed by atoms with Crippen molar-refractivity contribution in [2.45, 2.75) is 132 Å². The Morgan fingerprint density at radius 2 is 0.727 bits per heavy atom. The van der Waals surface area contributed by atoms with Crippen molar-refractivity contribution in [3.63, 3.8) is 0 Å². The Bertz CT molecular complexity index is 1900. The molecule has 0 aliphatic rings. The van der Waals surface area contributed by atoms with Crippen molar-refractivity contribution in [1.82, 2.24) is 63.2 Å². The number of hydroxylamine groups is 1. The Morgan fingerprint density at radius 1 is 0.432 bits per heavy atom. The predicted molar refractivity (Wildman–Crippen MR) is 314 cm³/mol. The van der Waals surface area contributed by atoms with E-state index in [-0.39, 0.29) is 109 Å². The van der Waals surface area contributed by atoms with Crippen LogP contribution >= 0.6 is 0 Å². The zero-order valence-corrected chi connectivity index (χ0v) is 51.3. The number of aliphatic carboxylic acids is 5. The van der Waals surface area contributed by atoms with Crippen LogP contribution in [0, 0.1) is 0 Å². The third-order valence-corrected chi connectivity index (χ3v) is 10.2. The summed E-state index contributed by atoms with van der Waals surface area (Å²) < 4.78 is 26.0. The molecule has 0 heterocycles. The van der Waals surface area contributed by atoms with Gasteiger partial charge < -0.3 is 96.9 Å². The maximum atomic E-state index is 13.2. The summed E-state index contributed by atoms with van der Waals surface area (Å²) in [6.07, 6.45) is -3.51. The van der Waals surface area contributed by atoms with Gasteiger partial charge in [0.05, 0.1) is 18.3 Å². The predicted octanol–water partition coefficient (Wildman–Crippen LogP) is -9.48. The molecule has 38 nitrogen and oxygen atoms in total. The number of hydrazine groups is 4. The number of alkyl halides is 2. The molecule has 40 heteroatoms. The van der Waals surface area contributed by atoms with Gasteiger partial charge in [-0.3, -0.25) is 69.7 Å². The van der Waals surface area contributed by atoms with Gasteiger partial charge in [0.15, 0.2) is 6.61 Å². The van der Waals surface area contributed by atoms with Gasteiger partial charge in [0.25, 0.3) is 0 Å². The van der Waals surface area contributed by atoms with E-state index >= 15 is 0 Å². The average molecular weight is 1290 g/mol. The normalized spacial score (nSPS) is 14.3. The highest BCUT2D eigenvalue weighted by Crippen LogP contribution is 2.06. The number of rotatable bonds is 44. The van der Waals surface area contributed by atoms with Crippen LogP contribution in [0.3, 0.4) is 0 Å². The van der Waals surface area contributed by atoms with Gasteiger partial charge >= 0.3 is 29.8 Å². The molecular weight excluding hydrogens is 1180 g/mol. The number of carboxylic acid groups (broad SMARTS) is 5. The van der Waals surface area contributed by atoms with Gasteiger partial charge in [-0.25, -0.2) is 39.1 Å². The quantitative estimate of drug-likeness (QED) is 0.0252. The molecule has 0 saturated carbocycles. The van der Waals surface area contributed by atoms with Gasteiger partial charge in [0, 0.05) is 123 Å². The summed E-state index contributed by atoms with van der Waals surface area (Å²) in [6, 6.07) is -2.70. The van der Waals surface area contributed by atoms with E-state index < -0.39 is 115 Å². The van der Waals surface area contributed by atoms with Crippen LogP contribution < -0.4 is 83.3 Å². The Hall–Kier alpha value is -6.16. The molecule has 30 N–H and O–H groups in total. The summed E-state index contributed by atoms with van der Waals surface area (Å²) in [7, 11) is 9.09. The van der Waals surface area contributed by atoms with Gasteiger partial charge in [0.2, 0.25) is 29.5 Å². The highest BCUT2D eigenvalue weighted by molar-refractivity contribution is 5.79. The Morgan fingerprint density at radius 3 is 1.01 bits per heavy atom. The third-order valence-electron chi connectivity index (χ3n) is 10.2. The van der Waals surface area contributed by atoms with Crippen molar-refractivity contribution < 1.29 is 102 Å². The van der Waals surface area contributed by atoms with Gasteiger partial charge in [-0.15, -0.1) is 0 Å². The first-order valence-corrected chi connectivity index (χ1v) is 27.4. The van der Waals surface area contributed by atoms with Crippen LogP contribution in [0.2, 0.25) is 0 Å². The second-order valence-corrected chi connectivity index (χ2v) is 19.9. The fraction of sp³-hybridized carbons (Fsp3) is 0.792. The van der Waals surface area contributed by atoms with E-state index in [1.807, 2.05) is 12.4 Å². The van der Waals surface area contributed by atoms with Crippen molar-refractivity contribution in [1.29, 1.82) is 0 Å². The smallest absolute Gasteiger partial charge is 0.332 e. The molecule has 0 aromatic carbocycles. The summed E-state index contributed by atoms with van der Waals surface area (Å²) in [6.45, 7) is 1.83. The van der Waals surface area contributed by atoms with Crippen LogP contribution in [0.4, 0.5) is 8.78 Å². The van der Waals surface area contributed by atoms with E-state index in [9.17, 15) is 66.9 Å². The molecule has 0 rings (SSSR count). The van der Waals surface area contributed by atoms with E-state index in [4.69, 9.17) is 70.8 Å². The minimum Gasteiger partial charge on any atom is -0.480 e. The lowest BCUT2D eigenvalue weighted by Crippen LogP contribution is -2.44. The molecule has 518 valence electrons. The monoisotopic (exact) mass is 1290 g/mol. The van der Waals surface area contributed by atoms with Crippen molar-refractivity contribution in [2.75, 3.05) is 114 Å². The first kappa shape index (κ1) is 90.6. The highest BCUT2D eigenvalue weighted by atomic mass is 19.1. The summed E-state index contributed by atoms with van der Waals surface area (Å²) >= 11 is 0. The van der Waals surface area contributed by atoms with E-state index in [1.54, 1.807) is 14.1 Å². The molecule has 0 aromatic heterocycles. The molecule has 0 aromatic rings. The number of carbonyl (C=O) groups excluding carboxylic acids is 5. The number of aliphatic hydroxyl groups is 3. The van der Waals surface area contributed by atoms with E-state index in [0.717, 1.165) is 16.6 Å². The second-order valence-electron chi connectivity index (χ2n) is 19.9. The molecule has 0 aliphatic heterocycles. The number of hydrogen-bond acceptors (Lipinski definition) is 28. The number of carboxylic acids is 5. The molecule has 0 fully saturated rings. The molecule has 0 unspecified atom stereocenters. The Balaban J connectivity index is -0.000000327. The number of amides is 5. The van der Waals surface area contributed by atoms with Crippen LogP contribution in [0.15, 0.2) is 0 Å². The number of hydrogen-bond donors (Lipinski definition) is 23. The second kappa shape index (κ2) is 56.1. The van der Waals surface area contributed by atoms with Crippen molar-refractivity contribution in [3.8, 4) is 0 Å². The number of likely N-dealkylation sites (N-methyl/N-ethyl adjacent to an activating group) is 6. The first-order chi connectivity index (χ1) is 40.8. The highest BCUT2D eigenvalue weighted by Gasteiger charge is 2.21. The van der Waals surface area contributed by atoms with Gasteiger partial charge in [-0.05, 0) is 52.7 Å². The number of halogens is 2. The van der Waals surface area contributed by atoms with Crippen LogP contribution in [0.25, 0.3) is 0 Å². The average Bonchev–Trinajstić information content (AvgIpc) is 3.38. The van der Waals surface area contributed by atoms with Gasteiger partial charge in [-0.2, -0.15) is 0 Å². The van der Waals surface area contributed by atoms with Crippen LogP contribution in [-0.4, -0.2) is 295 Å². The summed E-state index contributed by atoms with van der Waals surface area (Å²) in [5, 5.41) is 83.4. The van der Waals surface area contributed by atoms with Crippen molar-refractivity contribution in [2.24, 2.45) is 40.1 Å². The standard InChI is InChI=1S/C11H24N4O4.C10H21FN4O3.C10H22N4O4.C9H19FN4O3.C8H17N3O5/c1-3-13-6-9(16)4-8(12)5-10(17)14-15(2)7-11(18)19;1-13-5-7(11)3-8(12)4-9(16)14-15(2)6-10(17)18;1-12-5-8(15)3-7(11)4-9(16)13-14(2)6-10(17)18;1-14(5-9(16)17)13-8(15)3-7(12)2-6(10)4-11;9-3-6(12)1-5(10)2-7(13)11-16-4-8(14)15/h8-9,13,16H,3-7,12H2,1-2H3,(H,14,17)(H,18,19);7-8,13H,3-6,12H2,1-2H3,(H,14,16)(H,17,18);7-8,12,15H,3-6,11H2,1-2H3,(H,13,16)(H,17,18);6-7H,2-5,11-12H2,1H3,(H,13,15)(H,16,17);5-6,12H,1-4,9-10H2,(H,11,13)(H,14,15)/t8-,9-;2*7-,8-;6-,7-;5-,6-/m11111/s1. The Labute approximate surface area is 510 Å². The number of carbonyl (C=O) groups is 10.